The molecule has 0 bridgehead atoms. The Morgan fingerprint density at radius 2 is 1.60 bits per heavy atom. The first kappa shape index (κ1) is 32.7. The van der Waals surface area contributed by atoms with Gasteiger partial charge in [0, 0.05) is 12.1 Å². The van der Waals surface area contributed by atoms with E-state index in [4.69, 9.17) is 4.74 Å². The lowest BCUT2D eigenvalue weighted by Crippen LogP contribution is -2.55. The number of nitrogens with one attached hydrogen (secondary N) is 1. The predicted octanol–water partition coefficient (Wildman–Crippen LogP) is 5.54. The average Bonchev–Trinajstić information content (AvgIpc) is 2.92. The fourth-order valence-electron chi connectivity index (χ4n) is 4.70. The number of methoxy groups -OCH3 is 1. The van der Waals surface area contributed by atoms with Gasteiger partial charge in [-0.2, -0.15) is 0 Å². The molecule has 42 heavy (non-hydrogen) atoms. The second kappa shape index (κ2) is 13.4. The molecule has 0 fully saturated rings. The van der Waals surface area contributed by atoms with Crippen LogP contribution in [-0.2, 0) is 26.2 Å². The van der Waals surface area contributed by atoms with Crippen LogP contribution in [0.15, 0.2) is 71.6 Å². The van der Waals surface area contributed by atoms with Crippen molar-refractivity contribution < 1.29 is 22.7 Å². The fraction of sp³-hybridized carbons (Fsp3) is 0.394. The fourth-order valence-corrected chi connectivity index (χ4v) is 6.17. The summed E-state index contributed by atoms with van der Waals surface area (Å²) in [6.45, 7) is 12.7. The molecule has 0 aliphatic heterocycles. The van der Waals surface area contributed by atoms with Crippen LogP contribution in [0.3, 0.4) is 0 Å². The Labute approximate surface area is 250 Å². The topological polar surface area (TPSA) is 96.0 Å². The van der Waals surface area contributed by atoms with Crippen LogP contribution in [0.2, 0.25) is 0 Å². The number of amides is 2. The van der Waals surface area contributed by atoms with Gasteiger partial charge in [-0.3, -0.25) is 13.9 Å². The third-order valence-electron chi connectivity index (χ3n) is 7.10. The van der Waals surface area contributed by atoms with E-state index in [1.807, 2.05) is 66.7 Å². The Hall–Kier alpha value is -3.85. The van der Waals surface area contributed by atoms with E-state index in [1.165, 1.54) is 4.90 Å². The smallest absolute Gasteiger partial charge is 0.264 e. The van der Waals surface area contributed by atoms with Crippen LogP contribution in [-0.4, -0.2) is 50.4 Å². The standard InChI is InChI=1S/C33H43N3O5S/c1-9-29(32(38)34-33(5,6)7)35(21-26-13-11-14-27(20-26)41-8)31(37)22-36(30-15-10-12-24(3)25(30)4)42(39,40)28-18-16-23(2)17-19-28/h10-20,29H,9,21-22H2,1-8H3,(H,34,38). The van der Waals surface area contributed by atoms with Gasteiger partial charge in [0.25, 0.3) is 10.0 Å². The van der Waals surface area contributed by atoms with E-state index in [1.54, 1.807) is 55.6 Å². The van der Waals surface area contributed by atoms with E-state index >= 15 is 0 Å². The Bertz CT molecular complexity index is 1510. The first-order chi connectivity index (χ1) is 19.7. The van der Waals surface area contributed by atoms with Gasteiger partial charge >= 0.3 is 0 Å². The number of carbonyl (C=O) groups excluding carboxylic acids is 2. The number of hydrogen-bond acceptors (Lipinski definition) is 5. The van der Waals surface area contributed by atoms with Crippen molar-refractivity contribution in [2.75, 3.05) is 18.0 Å². The summed E-state index contributed by atoms with van der Waals surface area (Å²) >= 11 is 0. The third kappa shape index (κ3) is 7.91. The molecule has 226 valence electrons. The Balaban J connectivity index is 2.12. The summed E-state index contributed by atoms with van der Waals surface area (Å²) in [7, 11) is -2.58. The molecule has 3 aromatic carbocycles. The summed E-state index contributed by atoms with van der Waals surface area (Å²) in [6.07, 6.45) is 0.339. The molecule has 1 N–H and O–H groups in total. The molecule has 0 saturated carbocycles. The Morgan fingerprint density at radius 3 is 2.19 bits per heavy atom. The maximum absolute atomic E-state index is 14.3. The molecule has 9 heteroatoms. The number of hydrogen-bond donors (Lipinski definition) is 1. The largest absolute Gasteiger partial charge is 0.497 e. The molecule has 0 heterocycles. The lowest BCUT2D eigenvalue weighted by atomic mass is 10.1. The molecule has 0 aliphatic rings. The number of sulfonamides is 1. The van der Waals surface area contributed by atoms with Gasteiger partial charge in [0.15, 0.2) is 0 Å². The summed E-state index contributed by atoms with van der Waals surface area (Å²) in [5.74, 6) is -0.183. The van der Waals surface area contributed by atoms with Gasteiger partial charge in [0.2, 0.25) is 11.8 Å². The van der Waals surface area contributed by atoms with Crippen LogP contribution in [0.25, 0.3) is 0 Å². The van der Waals surface area contributed by atoms with Crippen LogP contribution >= 0.6 is 0 Å². The van der Waals surface area contributed by atoms with Crippen LogP contribution in [0.1, 0.15) is 56.4 Å². The summed E-state index contributed by atoms with van der Waals surface area (Å²) in [4.78, 5) is 29.3. The van der Waals surface area contributed by atoms with E-state index in [0.29, 0.717) is 17.9 Å². The highest BCUT2D eigenvalue weighted by molar-refractivity contribution is 7.92. The van der Waals surface area contributed by atoms with Crippen molar-refractivity contribution in [3.05, 3.63) is 89.0 Å². The minimum atomic E-state index is -4.14. The van der Waals surface area contributed by atoms with E-state index in [9.17, 15) is 18.0 Å². The van der Waals surface area contributed by atoms with Crippen molar-refractivity contribution in [2.45, 2.75) is 77.9 Å². The van der Waals surface area contributed by atoms with Gasteiger partial charge in [-0.25, -0.2) is 8.42 Å². The van der Waals surface area contributed by atoms with E-state index in [0.717, 1.165) is 26.6 Å². The molecule has 0 aromatic heterocycles. The SMILES string of the molecule is CCC(C(=O)NC(C)(C)C)N(Cc1cccc(OC)c1)C(=O)CN(c1cccc(C)c1C)S(=O)(=O)c1ccc(C)cc1. The number of ether oxygens (including phenoxy) is 1. The highest BCUT2D eigenvalue weighted by Gasteiger charge is 2.35. The Kier molecular flexibility index (Phi) is 10.4. The van der Waals surface area contributed by atoms with Crippen LogP contribution < -0.4 is 14.4 Å². The van der Waals surface area contributed by atoms with Gasteiger partial charge in [-0.05, 0) is 95.0 Å². The minimum absolute atomic E-state index is 0.0821. The highest BCUT2D eigenvalue weighted by Crippen LogP contribution is 2.29. The summed E-state index contributed by atoms with van der Waals surface area (Å²) in [6, 6.07) is 18.4. The molecule has 1 unspecified atom stereocenters. The normalized spacial score (nSPS) is 12.4. The van der Waals surface area contributed by atoms with Gasteiger partial charge in [-0.15, -0.1) is 0 Å². The lowest BCUT2D eigenvalue weighted by Gasteiger charge is -2.35. The van der Waals surface area contributed by atoms with Crippen LogP contribution in [0.4, 0.5) is 5.69 Å². The molecule has 8 nitrogen and oxygen atoms in total. The third-order valence-corrected chi connectivity index (χ3v) is 8.88. The van der Waals surface area contributed by atoms with Crippen molar-refractivity contribution in [3.63, 3.8) is 0 Å². The monoisotopic (exact) mass is 593 g/mol. The molecule has 0 spiro atoms. The minimum Gasteiger partial charge on any atom is -0.497 e. The Morgan fingerprint density at radius 1 is 0.952 bits per heavy atom. The van der Waals surface area contributed by atoms with Crippen LogP contribution in [0, 0.1) is 20.8 Å². The van der Waals surface area contributed by atoms with Crippen molar-refractivity contribution in [2.24, 2.45) is 0 Å². The second-order valence-corrected chi connectivity index (χ2v) is 13.4. The highest BCUT2D eigenvalue weighted by atomic mass is 32.2. The molecule has 0 aliphatic carbocycles. The number of benzene rings is 3. The molecular weight excluding hydrogens is 550 g/mol. The summed E-state index contributed by atoms with van der Waals surface area (Å²) in [5.41, 5.74) is 3.21. The van der Waals surface area contributed by atoms with Gasteiger partial charge < -0.3 is 15.0 Å². The van der Waals surface area contributed by atoms with Crippen molar-refractivity contribution in [1.29, 1.82) is 0 Å². The quantitative estimate of drug-likeness (QED) is 0.315. The van der Waals surface area contributed by atoms with Gasteiger partial charge in [-0.1, -0.05) is 48.9 Å². The molecule has 0 saturated heterocycles. The number of carbonyl (C=O) groups is 2. The van der Waals surface area contributed by atoms with E-state index in [-0.39, 0.29) is 17.3 Å². The number of rotatable bonds is 11. The first-order valence-corrected chi connectivity index (χ1v) is 15.5. The molecule has 2 amide bonds. The number of nitrogens with zero attached hydrogens (tertiary/aromatic N) is 2. The maximum atomic E-state index is 14.3. The van der Waals surface area contributed by atoms with Crippen molar-refractivity contribution in [3.8, 4) is 5.75 Å². The maximum Gasteiger partial charge on any atom is 0.264 e. The van der Waals surface area contributed by atoms with Crippen molar-refractivity contribution >= 4 is 27.5 Å². The van der Waals surface area contributed by atoms with Gasteiger partial charge in [0.1, 0.15) is 18.3 Å². The van der Waals surface area contributed by atoms with Crippen LogP contribution in [0.5, 0.6) is 5.75 Å². The van der Waals surface area contributed by atoms with Crippen molar-refractivity contribution in [1.82, 2.24) is 10.2 Å². The molecule has 3 aromatic rings. The molecular formula is C33H43N3O5S. The van der Waals surface area contributed by atoms with E-state index < -0.39 is 34.1 Å². The molecule has 3 rings (SSSR count). The predicted molar refractivity (Wildman–Crippen MR) is 167 cm³/mol. The molecule has 1 atom stereocenters. The number of anilines is 1. The zero-order valence-corrected chi connectivity index (χ0v) is 26.7. The summed E-state index contributed by atoms with van der Waals surface area (Å²) in [5, 5.41) is 2.99. The first-order valence-electron chi connectivity index (χ1n) is 14.1. The molecule has 0 radical (unpaired) electrons. The zero-order chi connectivity index (χ0) is 31.2. The number of aryl methyl sites for hydroxylation is 2. The average molecular weight is 594 g/mol. The van der Waals surface area contributed by atoms with E-state index in [2.05, 4.69) is 5.32 Å². The summed E-state index contributed by atoms with van der Waals surface area (Å²) < 4.78 is 34.8. The zero-order valence-electron chi connectivity index (χ0n) is 25.9. The van der Waals surface area contributed by atoms with Gasteiger partial charge in [0.05, 0.1) is 17.7 Å². The lowest BCUT2D eigenvalue weighted by molar-refractivity contribution is -0.141. The second-order valence-electron chi connectivity index (χ2n) is 11.6.